The lowest BCUT2D eigenvalue weighted by Gasteiger charge is -2.12. The molecule has 0 aliphatic carbocycles. The molecular weight excluding hydrogens is 311 g/mol. The van der Waals surface area contributed by atoms with Crippen LogP contribution in [0.1, 0.15) is 29.5 Å². The van der Waals surface area contributed by atoms with Crippen molar-refractivity contribution >= 4 is 10.0 Å². The summed E-state index contributed by atoms with van der Waals surface area (Å²) < 4.78 is 44.3. The van der Waals surface area contributed by atoms with Crippen molar-refractivity contribution in [1.82, 2.24) is 9.88 Å². The van der Waals surface area contributed by atoms with Crippen LogP contribution >= 0.6 is 0 Å². The SMILES string of the molecule is Cc1noc(C)c1S(=O)(=O)NCCC(O)c1ccc(F)cc1. The van der Waals surface area contributed by atoms with Crippen molar-refractivity contribution in [2.24, 2.45) is 0 Å². The van der Waals surface area contributed by atoms with E-state index in [1.54, 1.807) is 6.92 Å². The van der Waals surface area contributed by atoms with Gasteiger partial charge in [-0.15, -0.1) is 0 Å². The van der Waals surface area contributed by atoms with E-state index in [1.807, 2.05) is 0 Å². The lowest BCUT2D eigenvalue weighted by atomic mass is 10.1. The Bertz CT molecular complexity index is 721. The molecule has 1 atom stereocenters. The Labute approximate surface area is 128 Å². The molecule has 2 N–H and O–H groups in total. The van der Waals surface area contributed by atoms with Gasteiger partial charge in [-0.05, 0) is 38.0 Å². The van der Waals surface area contributed by atoms with E-state index >= 15 is 0 Å². The molecule has 1 unspecified atom stereocenters. The number of aromatic nitrogens is 1. The van der Waals surface area contributed by atoms with E-state index < -0.39 is 21.9 Å². The van der Waals surface area contributed by atoms with Gasteiger partial charge >= 0.3 is 0 Å². The molecule has 1 aromatic carbocycles. The summed E-state index contributed by atoms with van der Waals surface area (Å²) in [5.74, 6) is -0.181. The average Bonchev–Trinajstić information content (AvgIpc) is 2.79. The Morgan fingerprint density at radius 1 is 1.32 bits per heavy atom. The third-order valence-electron chi connectivity index (χ3n) is 3.20. The van der Waals surface area contributed by atoms with E-state index in [2.05, 4.69) is 9.88 Å². The van der Waals surface area contributed by atoms with Gasteiger partial charge in [0, 0.05) is 6.54 Å². The quantitative estimate of drug-likeness (QED) is 0.844. The Balaban J connectivity index is 1.97. The molecule has 1 heterocycles. The highest BCUT2D eigenvalue weighted by Crippen LogP contribution is 2.20. The number of benzene rings is 1. The predicted octanol–water partition coefficient (Wildman–Crippen LogP) is 1.83. The summed E-state index contributed by atoms with van der Waals surface area (Å²) in [6, 6.07) is 5.41. The third kappa shape index (κ3) is 3.70. The van der Waals surface area contributed by atoms with Gasteiger partial charge in [-0.3, -0.25) is 0 Å². The van der Waals surface area contributed by atoms with Crippen LogP contribution in [0, 0.1) is 19.7 Å². The molecule has 8 heteroatoms. The molecule has 1 aromatic heterocycles. The minimum Gasteiger partial charge on any atom is -0.388 e. The highest BCUT2D eigenvalue weighted by atomic mass is 32.2. The second kappa shape index (κ2) is 6.55. The molecule has 2 aromatic rings. The number of aliphatic hydroxyl groups excluding tert-OH is 1. The van der Waals surface area contributed by atoms with E-state index in [-0.39, 0.29) is 29.3 Å². The highest BCUT2D eigenvalue weighted by molar-refractivity contribution is 7.89. The minimum atomic E-state index is -3.74. The van der Waals surface area contributed by atoms with Crippen LogP contribution in [0.5, 0.6) is 0 Å². The van der Waals surface area contributed by atoms with Crippen molar-refractivity contribution in [1.29, 1.82) is 0 Å². The normalized spacial score (nSPS) is 13.3. The summed E-state index contributed by atoms with van der Waals surface area (Å²) in [7, 11) is -3.74. The fourth-order valence-electron chi connectivity index (χ4n) is 2.11. The number of sulfonamides is 1. The van der Waals surface area contributed by atoms with Crippen LogP contribution in [0.15, 0.2) is 33.7 Å². The number of rotatable bonds is 6. The summed E-state index contributed by atoms with van der Waals surface area (Å²) in [6.45, 7) is 3.09. The Kier molecular flexibility index (Phi) is 4.94. The van der Waals surface area contributed by atoms with E-state index in [0.717, 1.165) is 0 Å². The highest BCUT2D eigenvalue weighted by Gasteiger charge is 2.23. The van der Waals surface area contributed by atoms with Gasteiger partial charge in [0.15, 0.2) is 5.76 Å². The molecule has 0 spiro atoms. The van der Waals surface area contributed by atoms with Gasteiger partial charge in [0.05, 0.1) is 6.10 Å². The van der Waals surface area contributed by atoms with Crippen LogP contribution < -0.4 is 4.72 Å². The van der Waals surface area contributed by atoms with E-state index in [9.17, 15) is 17.9 Å². The molecule has 0 aliphatic rings. The number of hydrogen-bond acceptors (Lipinski definition) is 5. The molecule has 0 amide bonds. The molecule has 2 rings (SSSR count). The smallest absolute Gasteiger partial charge is 0.245 e. The molecular formula is C14H17FN2O4S. The number of nitrogens with zero attached hydrogens (tertiary/aromatic N) is 1. The van der Waals surface area contributed by atoms with E-state index in [4.69, 9.17) is 4.52 Å². The van der Waals surface area contributed by atoms with Gasteiger partial charge in [-0.2, -0.15) is 0 Å². The van der Waals surface area contributed by atoms with Crippen LogP contribution in [0.3, 0.4) is 0 Å². The van der Waals surface area contributed by atoms with E-state index in [0.29, 0.717) is 5.56 Å². The Morgan fingerprint density at radius 2 is 1.95 bits per heavy atom. The van der Waals surface area contributed by atoms with Crippen LogP contribution in [-0.2, 0) is 10.0 Å². The van der Waals surface area contributed by atoms with Gasteiger partial charge < -0.3 is 9.63 Å². The van der Waals surface area contributed by atoms with Crippen LogP contribution in [0.25, 0.3) is 0 Å². The number of aryl methyl sites for hydroxylation is 2. The molecule has 0 bridgehead atoms. The molecule has 120 valence electrons. The predicted molar refractivity (Wildman–Crippen MR) is 77.1 cm³/mol. The molecule has 0 saturated carbocycles. The molecule has 6 nitrogen and oxygen atoms in total. The number of aliphatic hydroxyl groups is 1. The number of nitrogens with one attached hydrogen (secondary N) is 1. The van der Waals surface area contributed by atoms with Crippen molar-refractivity contribution in [3.8, 4) is 0 Å². The summed E-state index contributed by atoms with van der Waals surface area (Å²) in [4.78, 5) is 0.0174. The fourth-order valence-corrected chi connectivity index (χ4v) is 3.48. The first kappa shape index (κ1) is 16.6. The summed E-state index contributed by atoms with van der Waals surface area (Å²) in [5.41, 5.74) is 0.807. The van der Waals surface area contributed by atoms with Crippen molar-refractivity contribution in [2.75, 3.05) is 6.54 Å². The third-order valence-corrected chi connectivity index (χ3v) is 4.91. The van der Waals surface area contributed by atoms with Gasteiger partial charge in [-0.1, -0.05) is 17.3 Å². The van der Waals surface area contributed by atoms with Crippen LogP contribution in [0.4, 0.5) is 4.39 Å². The van der Waals surface area contributed by atoms with Crippen molar-refractivity contribution < 1.29 is 22.4 Å². The zero-order valence-electron chi connectivity index (χ0n) is 12.2. The first-order valence-corrected chi connectivity index (χ1v) is 8.15. The maximum Gasteiger partial charge on any atom is 0.245 e. The van der Waals surface area contributed by atoms with Gasteiger partial charge in [-0.25, -0.2) is 17.5 Å². The van der Waals surface area contributed by atoms with Gasteiger partial charge in [0.2, 0.25) is 10.0 Å². The largest absolute Gasteiger partial charge is 0.388 e. The van der Waals surface area contributed by atoms with Crippen molar-refractivity contribution in [3.05, 3.63) is 47.1 Å². The first-order valence-electron chi connectivity index (χ1n) is 6.67. The summed E-state index contributed by atoms with van der Waals surface area (Å²) >= 11 is 0. The summed E-state index contributed by atoms with van der Waals surface area (Å²) in [5, 5.41) is 13.6. The monoisotopic (exact) mass is 328 g/mol. The zero-order chi connectivity index (χ0) is 16.3. The second-order valence-electron chi connectivity index (χ2n) is 4.91. The molecule has 0 radical (unpaired) electrons. The fraction of sp³-hybridized carbons (Fsp3) is 0.357. The number of halogens is 1. The van der Waals surface area contributed by atoms with Crippen molar-refractivity contribution in [2.45, 2.75) is 31.3 Å². The van der Waals surface area contributed by atoms with E-state index in [1.165, 1.54) is 31.2 Å². The minimum absolute atomic E-state index is 0.0174. The first-order chi connectivity index (χ1) is 10.3. The van der Waals surface area contributed by atoms with Gasteiger partial charge in [0.25, 0.3) is 0 Å². The topological polar surface area (TPSA) is 92.4 Å². The Morgan fingerprint density at radius 3 is 2.50 bits per heavy atom. The lowest BCUT2D eigenvalue weighted by molar-refractivity contribution is 0.169. The van der Waals surface area contributed by atoms with Crippen molar-refractivity contribution in [3.63, 3.8) is 0 Å². The zero-order valence-corrected chi connectivity index (χ0v) is 13.0. The van der Waals surface area contributed by atoms with Gasteiger partial charge in [0.1, 0.15) is 16.4 Å². The molecule has 0 saturated heterocycles. The van der Waals surface area contributed by atoms with Crippen LogP contribution in [-0.4, -0.2) is 25.2 Å². The lowest BCUT2D eigenvalue weighted by Crippen LogP contribution is -2.26. The molecule has 0 aliphatic heterocycles. The maximum atomic E-state index is 12.8. The average molecular weight is 328 g/mol. The second-order valence-corrected chi connectivity index (χ2v) is 6.61. The standard InChI is InChI=1S/C14H17FN2O4S/c1-9-14(10(2)21-17-9)22(19,20)16-8-7-13(18)11-3-5-12(15)6-4-11/h3-6,13,16,18H,7-8H2,1-2H3. The summed E-state index contributed by atoms with van der Waals surface area (Å²) in [6.07, 6.45) is -0.721. The maximum absolute atomic E-state index is 12.8. The molecule has 0 fully saturated rings. The molecule has 22 heavy (non-hydrogen) atoms. The number of hydrogen-bond donors (Lipinski definition) is 2. The Hall–Kier alpha value is -1.77. The van der Waals surface area contributed by atoms with Crippen LogP contribution in [0.2, 0.25) is 0 Å².